The maximum absolute atomic E-state index is 12.5. The van der Waals surface area contributed by atoms with E-state index in [0.29, 0.717) is 17.7 Å². The molecule has 1 aliphatic heterocycles. The third kappa shape index (κ3) is 2.79. The molecule has 1 amide bonds. The molecule has 0 aromatic carbocycles. The van der Waals surface area contributed by atoms with Crippen molar-refractivity contribution in [3.8, 4) is 0 Å². The summed E-state index contributed by atoms with van der Waals surface area (Å²) in [5, 5.41) is 6.07. The van der Waals surface area contributed by atoms with Crippen molar-refractivity contribution in [1.82, 2.24) is 29.3 Å². The molecular weight excluding hydrogens is 300 g/mol. The minimum atomic E-state index is -0.543. The normalized spacial score (nSPS) is 18.3. The highest BCUT2D eigenvalue weighted by Crippen LogP contribution is 2.03. The molecule has 0 aliphatic carbocycles. The maximum Gasteiger partial charge on any atom is 0.332 e. The zero-order valence-corrected chi connectivity index (χ0v) is 13.2. The van der Waals surface area contributed by atoms with Crippen LogP contribution in [0.1, 0.15) is 12.8 Å². The summed E-state index contributed by atoms with van der Waals surface area (Å²) in [6.07, 6.45) is 3.36. The Bertz CT molecular complexity index is 856. The van der Waals surface area contributed by atoms with Crippen LogP contribution in [0.3, 0.4) is 0 Å². The third-order valence-electron chi connectivity index (χ3n) is 4.16. The van der Waals surface area contributed by atoms with Crippen molar-refractivity contribution in [2.75, 3.05) is 13.1 Å². The zero-order valence-electron chi connectivity index (χ0n) is 13.2. The zero-order chi connectivity index (χ0) is 16.6. The van der Waals surface area contributed by atoms with Gasteiger partial charge >= 0.3 is 5.69 Å². The minimum absolute atomic E-state index is 0.0382. The number of imidazole rings is 1. The lowest BCUT2D eigenvalue weighted by Crippen LogP contribution is -2.49. The van der Waals surface area contributed by atoms with E-state index >= 15 is 0 Å². The van der Waals surface area contributed by atoms with E-state index in [2.05, 4.69) is 15.6 Å². The molecule has 2 N–H and O–H groups in total. The smallest absolute Gasteiger partial charge is 0.332 e. The second-order valence-corrected chi connectivity index (χ2v) is 5.87. The molecule has 2 aromatic heterocycles. The monoisotopic (exact) mass is 320 g/mol. The fourth-order valence-electron chi connectivity index (χ4n) is 2.93. The molecule has 1 aliphatic rings. The lowest BCUT2D eigenvalue weighted by Gasteiger charge is -2.23. The van der Waals surface area contributed by atoms with E-state index in [0.717, 1.165) is 24.0 Å². The number of amides is 1. The number of piperidine rings is 1. The molecule has 124 valence electrons. The second kappa shape index (κ2) is 5.99. The average Bonchev–Trinajstić information content (AvgIpc) is 2.92. The molecule has 0 saturated carbocycles. The lowest BCUT2D eigenvalue weighted by atomic mass is 10.1. The second-order valence-electron chi connectivity index (χ2n) is 5.87. The first-order chi connectivity index (χ1) is 11.0. The Balaban J connectivity index is 1.90. The SMILES string of the molecule is Cn1cnc2c1c(=O)n(CC(=O)NC1CCCNC1)c(=O)n2C. The summed E-state index contributed by atoms with van der Waals surface area (Å²) in [6.45, 7) is 1.37. The summed E-state index contributed by atoms with van der Waals surface area (Å²) in [5.41, 5.74) is -0.423. The first-order valence-electron chi connectivity index (χ1n) is 7.60. The van der Waals surface area contributed by atoms with E-state index in [4.69, 9.17) is 0 Å². The van der Waals surface area contributed by atoms with Gasteiger partial charge in [0.15, 0.2) is 11.2 Å². The van der Waals surface area contributed by atoms with Crippen molar-refractivity contribution in [2.45, 2.75) is 25.4 Å². The van der Waals surface area contributed by atoms with Gasteiger partial charge in [-0.25, -0.2) is 14.3 Å². The highest BCUT2D eigenvalue weighted by molar-refractivity contribution is 5.77. The van der Waals surface area contributed by atoms with Crippen molar-refractivity contribution in [1.29, 1.82) is 0 Å². The standard InChI is InChI=1S/C14H20N6O3/c1-18-8-16-12-11(18)13(22)20(14(23)19(12)2)7-10(21)17-9-4-3-5-15-6-9/h8-9,15H,3-7H2,1-2H3,(H,17,21). The quantitative estimate of drug-likeness (QED) is 0.702. The molecule has 23 heavy (non-hydrogen) atoms. The third-order valence-corrected chi connectivity index (χ3v) is 4.16. The summed E-state index contributed by atoms with van der Waals surface area (Å²) in [6, 6.07) is 0.0382. The number of carbonyl (C=O) groups excluding carboxylic acids is 1. The van der Waals surface area contributed by atoms with Gasteiger partial charge < -0.3 is 15.2 Å². The molecule has 2 aromatic rings. The molecule has 0 spiro atoms. The number of aryl methyl sites for hydroxylation is 2. The molecule has 0 bridgehead atoms. The van der Waals surface area contributed by atoms with Gasteiger partial charge in [0.1, 0.15) is 6.54 Å². The first kappa shape index (κ1) is 15.5. The van der Waals surface area contributed by atoms with Crippen molar-refractivity contribution < 1.29 is 4.79 Å². The summed E-state index contributed by atoms with van der Waals surface area (Å²) in [4.78, 5) is 41.1. The lowest BCUT2D eigenvalue weighted by molar-refractivity contribution is -0.122. The fraction of sp³-hybridized carbons (Fsp3) is 0.571. The number of rotatable bonds is 3. The van der Waals surface area contributed by atoms with Gasteiger partial charge in [-0.2, -0.15) is 0 Å². The number of nitrogens with zero attached hydrogens (tertiary/aromatic N) is 4. The van der Waals surface area contributed by atoms with Crippen molar-refractivity contribution in [3.63, 3.8) is 0 Å². The van der Waals surface area contributed by atoms with Gasteiger partial charge in [-0.15, -0.1) is 0 Å². The maximum atomic E-state index is 12.5. The first-order valence-corrected chi connectivity index (χ1v) is 7.60. The topological polar surface area (TPSA) is 103 Å². The molecule has 3 rings (SSSR count). The Labute approximate surface area is 131 Å². The van der Waals surface area contributed by atoms with E-state index in [9.17, 15) is 14.4 Å². The Hall–Kier alpha value is -2.42. The minimum Gasteiger partial charge on any atom is -0.351 e. The van der Waals surface area contributed by atoms with Crippen molar-refractivity contribution >= 4 is 17.1 Å². The largest absolute Gasteiger partial charge is 0.351 e. The van der Waals surface area contributed by atoms with Crippen LogP contribution in [0, 0.1) is 0 Å². The van der Waals surface area contributed by atoms with Crippen LogP contribution < -0.4 is 21.9 Å². The van der Waals surface area contributed by atoms with Crippen LogP contribution in [0.25, 0.3) is 11.2 Å². The van der Waals surface area contributed by atoms with Crippen LogP contribution >= 0.6 is 0 Å². The predicted molar refractivity (Wildman–Crippen MR) is 84.2 cm³/mol. The molecule has 9 nitrogen and oxygen atoms in total. The molecule has 9 heteroatoms. The van der Waals surface area contributed by atoms with Gasteiger partial charge in [0.2, 0.25) is 5.91 Å². The summed E-state index contributed by atoms with van der Waals surface area (Å²) in [5.74, 6) is -0.334. The molecule has 1 unspecified atom stereocenters. The van der Waals surface area contributed by atoms with Gasteiger partial charge in [-0.05, 0) is 19.4 Å². The van der Waals surface area contributed by atoms with Crippen LogP contribution in [-0.4, -0.2) is 43.7 Å². The van der Waals surface area contributed by atoms with Crippen molar-refractivity contribution in [2.24, 2.45) is 14.1 Å². The van der Waals surface area contributed by atoms with Gasteiger partial charge in [0.05, 0.1) is 6.33 Å². The van der Waals surface area contributed by atoms with E-state index in [1.165, 1.54) is 17.9 Å². The van der Waals surface area contributed by atoms with Gasteiger partial charge in [0, 0.05) is 26.7 Å². The Morgan fingerprint density at radius 3 is 2.91 bits per heavy atom. The van der Waals surface area contributed by atoms with Crippen LogP contribution in [0.4, 0.5) is 0 Å². The Kier molecular flexibility index (Phi) is 4.03. The van der Waals surface area contributed by atoms with E-state index in [1.807, 2.05) is 0 Å². The molecule has 1 atom stereocenters. The van der Waals surface area contributed by atoms with E-state index < -0.39 is 11.2 Å². The predicted octanol–water partition coefficient (Wildman–Crippen LogP) is -1.70. The molecule has 0 radical (unpaired) electrons. The number of fused-ring (bicyclic) bond motifs is 1. The van der Waals surface area contributed by atoms with Crippen LogP contribution in [0.5, 0.6) is 0 Å². The number of nitrogens with one attached hydrogen (secondary N) is 2. The van der Waals surface area contributed by atoms with Crippen LogP contribution in [0.15, 0.2) is 15.9 Å². The Morgan fingerprint density at radius 2 is 2.22 bits per heavy atom. The van der Waals surface area contributed by atoms with E-state index in [1.54, 1.807) is 11.6 Å². The summed E-state index contributed by atoms with van der Waals surface area (Å²) in [7, 11) is 3.22. The number of aromatic nitrogens is 4. The Morgan fingerprint density at radius 1 is 1.43 bits per heavy atom. The van der Waals surface area contributed by atoms with Gasteiger partial charge in [-0.3, -0.25) is 14.2 Å². The van der Waals surface area contributed by atoms with Gasteiger partial charge in [0.25, 0.3) is 5.56 Å². The van der Waals surface area contributed by atoms with Crippen LogP contribution in [-0.2, 0) is 25.4 Å². The molecular formula is C14H20N6O3. The molecule has 1 fully saturated rings. The summed E-state index contributed by atoms with van der Waals surface area (Å²) < 4.78 is 3.79. The number of carbonyl (C=O) groups is 1. The highest BCUT2D eigenvalue weighted by atomic mass is 16.2. The van der Waals surface area contributed by atoms with Crippen molar-refractivity contribution in [3.05, 3.63) is 27.2 Å². The fourth-order valence-corrected chi connectivity index (χ4v) is 2.93. The average molecular weight is 320 g/mol. The highest BCUT2D eigenvalue weighted by Gasteiger charge is 2.19. The van der Waals surface area contributed by atoms with Gasteiger partial charge in [-0.1, -0.05) is 0 Å². The van der Waals surface area contributed by atoms with Crippen LogP contribution in [0.2, 0.25) is 0 Å². The summed E-state index contributed by atoms with van der Waals surface area (Å²) >= 11 is 0. The molecule has 3 heterocycles. The number of hydrogen-bond acceptors (Lipinski definition) is 5. The van der Waals surface area contributed by atoms with E-state index in [-0.39, 0.29) is 18.5 Å². The number of hydrogen-bond donors (Lipinski definition) is 2. The molecule has 1 saturated heterocycles.